The number of rotatable bonds is 3. The van der Waals surface area contributed by atoms with Gasteiger partial charge in [0.25, 0.3) is 0 Å². The van der Waals surface area contributed by atoms with E-state index in [0.29, 0.717) is 18.8 Å². The lowest BCUT2D eigenvalue weighted by atomic mass is 10.1. The standard InChI is InChI=1S/C13H15ClN2O2/c1-9(17)16-7-5-10-8-11(2-3-12(10)16)15-13(18)4-6-14/h2-3,8H,4-7H2,1H3,(H,15,18). The summed E-state index contributed by atoms with van der Waals surface area (Å²) in [4.78, 5) is 24.6. The van der Waals surface area contributed by atoms with E-state index >= 15 is 0 Å². The molecule has 5 heteroatoms. The molecule has 0 aromatic heterocycles. The van der Waals surface area contributed by atoms with Crippen LogP contribution in [0.4, 0.5) is 11.4 Å². The van der Waals surface area contributed by atoms with Gasteiger partial charge in [-0.2, -0.15) is 0 Å². The molecule has 2 amide bonds. The summed E-state index contributed by atoms with van der Waals surface area (Å²) >= 11 is 5.51. The summed E-state index contributed by atoms with van der Waals surface area (Å²) in [5.74, 6) is 0.272. The molecule has 2 rings (SSSR count). The lowest BCUT2D eigenvalue weighted by Gasteiger charge is -2.15. The first-order chi connectivity index (χ1) is 8.61. The van der Waals surface area contributed by atoms with Gasteiger partial charge < -0.3 is 10.2 Å². The SMILES string of the molecule is CC(=O)N1CCc2cc(NC(=O)CCCl)ccc21. The number of fused-ring (bicyclic) bond motifs is 1. The van der Waals surface area contributed by atoms with Crippen molar-refractivity contribution in [3.8, 4) is 0 Å². The third-order valence-corrected chi connectivity index (χ3v) is 3.15. The minimum absolute atomic E-state index is 0.0488. The van der Waals surface area contributed by atoms with Gasteiger partial charge in [-0.1, -0.05) is 0 Å². The number of carbonyl (C=O) groups is 2. The molecule has 1 aromatic carbocycles. The molecule has 0 spiro atoms. The van der Waals surface area contributed by atoms with Crippen LogP contribution in [-0.2, 0) is 16.0 Å². The molecule has 1 heterocycles. The number of benzene rings is 1. The Morgan fingerprint density at radius 3 is 2.89 bits per heavy atom. The zero-order valence-corrected chi connectivity index (χ0v) is 11.0. The summed E-state index contributed by atoms with van der Waals surface area (Å²) in [5.41, 5.74) is 2.79. The molecule has 0 unspecified atom stereocenters. The van der Waals surface area contributed by atoms with Crippen molar-refractivity contribution in [2.24, 2.45) is 0 Å². The molecule has 0 fully saturated rings. The van der Waals surface area contributed by atoms with Gasteiger partial charge >= 0.3 is 0 Å². The molecule has 18 heavy (non-hydrogen) atoms. The summed E-state index contributed by atoms with van der Waals surface area (Å²) in [6.45, 7) is 2.27. The second kappa shape index (κ2) is 5.40. The number of nitrogens with one attached hydrogen (secondary N) is 1. The van der Waals surface area contributed by atoms with E-state index in [1.54, 1.807) is 11.8 Å². The molecule has 4 nitrogen and oxygen atoms in total. The summed E-state index contributed by atoms with van der Waals surface area (Å²) in [5, 5.41) is 2.79. The quantitative estimate of drug-likeness (QED) is 0.853. The number of amides is 2. The van der Waals surface area contributed by atoms with Crippen LogP contribution in [-0.4, -0.2) is 24.2 Å². The van der Waals surface area contributed by atoms with Crippen LogP contribution in [0.5, 0.6) is 0 Å². The highest BCUT2D eigenvalue weighted by atomic mass is 35.5. The number of carbonyl (C=O) groups excluding carboxylic acids is 2. The number of halogens is 1. The minimum atomic E-state index is -0.0913. The summed E-state index contributed by atoms with van der Waals surface area (Å²) < 4.78 is 0. The average molecular weight is 267 g/mol. The van der Waals surface area contributed by atoms with Crippen molar-refractivity contribution in [1.29, 1.82) is 0 Å². The summed E-state index contributed by atoms with van der Waals surface area (Å²) in [6, 6.07) is 5.61. The van der Waals surface area contributed by atoms with Gasteiger partial charge in [0.2, 0.25) is 11.8 Å². The fourth-order valence-corrected chi connectivity index (χ4v) is 2.29. The van der Waals surface area contributed by atoms with Crippen LogP contribution >= 0.6 is 11.6 Å². The Balaban J connectivity index is 2.14. The van der Waals surface area contributed by atoms with Crippen LogP contribution in [0.1, 0.15) is 18.9 Å². The van der Waals surface area contributed by atoms with Gasteiger partial charge in [-0.3, -0.25) is 9.59 Å². The topological polar surface area (TPSA) is 49.4 Å². The zero-order valence-electron chi connectivity index (χ0n) is 10.2. The number of hydrogen-bond acceptors (Lipinski definition) is 2. The fraction of sp³-hybridized carbons (Fsp3) is 0.385. The van der Waals surface area contributed by atoms with Gasteiger partial charge in [0, 0.05) is 37.1 Å². The van der Waals surface area contributed by atoms with E-state index in [2.05, 4.69) is 5.32 Å². The van der Waals surface area contributed by atoms with Crippen molar-refractivity contribution in [1.82, 2.24) is 0 Å². The number of nitrogens with zero attached hydrogens (tertiary/aromatic N) is 1. The van der Waals surface area contributed by atoms with E-state index in [0.717, 1.165) is 23.4 Å². The summed E-state index contributed by atoms with van der Waals surface area (Å²) in [6.07, 6.45) is 1.13. The van der Waals surface area contributed by atoms with Crippen molar-refractivity contribution < 1.29 is 9.59 Å². The Hall–Kier alpha value is -1.55. The first kappa shape index (κ1) is 12.9. The predicted octanol–water partition coefficient (Wildman–Crippen LogP) is 2.16. The van der Waals surface area contributed by atoms with Crippen LogP contribution in [0.25, 0.3) is 0 Å². The monoisotopic (exact) mass is 266 g/mol. The highest BCUT2D eigenvalue weighted by Gasteiger charge is 2.22. The Labute approximate surface area is 111 Å². The highest BCUT2D eigenvalue weighted by Crippen LogP contribution is 2.30. The van der Waals surface area contributed by atoms with Crippen LogP contribution < -0.4 is 10.2 Å². The van der Waals surface area contributed by atoms with E-state index in [9.17, 15) is 9.59 Å². The fourth-order valence-electron chi connectivity index (χ4n) is 2.12. The van der Waals surface area contributed by atoms with Crippen LogP contribution in [0.2, 0.25) is 0 Å². The molecule has 96 valence electrons. The molecular formula is C13H15ClN2O2. The first-order valence-electron chi connectivity index (χ1n) is 5.88. The van der Waals surface area contributed by atoms with E-state index in [4.69, 9.17) is 11.6 Å². The molecule has 0 saturated carbocycles. The molecule has 0 bridgehead atoms. The molecule has 1 aromatic rings. The average Bonchev–Trinajstić information content (AvgIpc) is 2.72. The molecule has 1 aliphatic heterocycles. The molecule has 0 radical (unpaired) electrons. The van der Waals surface area contributed by atoms with Crippen molar-refractivity contribution in [3.05, 3.63) is 23.8 Å². The summed E-state index contributed by atoms with van der Waals surface area (Å²) in [7, 11) is 0. The second-order valence-electron chi connectivity index (χ2n) is 4.25. The van der Waals surface area contributed by atoms with Gasteiger partial charge in [0.15, 0.2) is 0 Å². The maximum Gasteiger partial charge on any atom is 0.225 e. The van der Waals surface area contributed by atoms with Crippen molar-refractivity contribution in [2.75, 3.05) is 22.6 Å². The van der Waals surface area contributed by atoms with Gasteiger partial charge in [-0.15, -0.1) is 11.6 Å². The molecule has 0 aliphatic carbocycles. The molecular weight excluding hydrogens is 252 g/mol. The smallest absolute Gasteiger partial charge is 0.225 e. The Bertz CT molecular complexity index is 488. The van der Waals surface area contributed by atoms with Gasteiger partial charge in [-0.05, 0) is 30.2 Å². The molecule has 1 N–H and O–H groups in total. The number of hydrogen-bond donors (Lipinski definition) is 1. The second-order valence-corrected chi connectivity index (χ2v) is 4.63. The van der Waals surface area contributed by atoms with Crippen LogP contribution in [0, 0.1) is 0 Å². The molecule has 1 aliphatic rings. The number of alkyl halides is 1. The normalized spacial score (nSPS) is 13.3. The Morgan fingerprint density at radius 1 is 1.44 bits per heavy atom. The Kier molecular flexibility index (Phi) is 3.87. The first-order valence-corrected chi connectivity index (χ1v) is 6.42. The lowest BCUT2D eigenvalue weighted by molar-refractivity contribution is -0.117. The van der Waals surface area contributed by atoms with Crippen LogP contribution in [0.15, 0.2) is 18.2 Å². The third kappa shape index (κ3) is 2.64. The largest absolute Gasteiger partial charge is 0.326 e. The minimum Gasteiger partial charge on any atom is -0.326 e. The van der Waals surface area contributed by atoms with Crippen LogP contribution in [0.3, 0.4) is 0 Å². The van der Waals surface area contributed by atoms with Crippen molar-refractivity contribution >= 4 is 34.8 Å². The van der Waals surface area contributed by atoms with E-state index in [1.807, 2.05) is 18.2 Å². The van der Waals surface area contributed by atoms with Crippen molar-refractivity contribution in [2.45, 2.75) is 19.8 Å². The Morgan fingerprint density at radius 2 is 2.22 bits per heavy atom. The molecule has 0 atom stereocenters. The van der Waals surface area contributed by atoms with Gasteiger partial charge in [-0.25, -0.2) is 0 Å². The van der Waals surface area contributed by atoms with Gasteiger partial charge in [0.1, 0.15) is 0 Å². The maximum atomic E-state index is 11.4. The van der Waals surface area contributed by atoms with Crippen molar-refractivity contribution in [3.63, 3.8) is 0 Å². The third-order valence-electron chi connectivity index (χ3n) is 2.96. The van der Waals surface area contributed by atoms with E-state index in [1.165, 1.54) is 0 Å². The van der Waals surface area contributed by atoms with Gasteiger partial charge in [0.05, 0.1) is 0 Å². The molecule has 0 saturated heterocycles. The lowest BCUT2D eigenvalue weighted by Crippen LogP contribution is -2.25. The maximum absolute atomic E-state index is 11.4. The zero-order chi connectivity index (χ0) is 13.1. The van der Waals surface area contributed by atoms with E-state index in [-0.39, 0.29) is 11.8 Å². The number of anilines is 2. The highest BCUT2D eigenvalue weighted by molar-refractivity contribution is 6.19. The van der Waals surface area contributed by atoms with E-state index < -0.39 is 0 Å². The predicted molar refractivity (Wildman–Crippen MR) is 72.1 cm³/mol.